The molecule has 4 rings (SSSR count). The maximum atomic E-state index is 9.04. The fourth-order valence-electron chi connectivity index (χ4n) is 3.22. The van der Waals surface area contributed by atoms with E-state index in [-0.39, 0.29) is 0 Å². The summed E-state index contributed by atoms with van der Waals surface area (Å²) in [5.41, 5.74) is 2.07. The van der Waals surface area contributed by atoms with Gasteiger partial charge in [-0.15, -0.1) is 5.10 Å². The Morgan fingerprint density at radius 2 is 1.72 bits per heavy atom. The molecule has 0 N–H and O–H groups in total. The fraction of sp³-hybridized carbons (Fsp3) is 0.263. The molecule has 0 radical (unpaired) electrons. The Kier molecular flexibility index (Phi) is 3.90. The maximum absolute atomic E-state index is 9.04. The monoisotopic (exact) mass is 333 g/mol. The number of piperazine rings is 1. The first kappa shape index (κ1) is 15.3. The minimum atomic E-state index is 0.736. The number of fused-ring (bicyclic) bond motifs is 1. The fourth-order valence-corrected chi connectivity index (χ4v) is 3.22. The molecule has 1 aliphatic heterocycles. The van der Waals surface area contributed by atoms with Crippen LogP contribution in [0.5, 0.6) is 5.75 Å². The van der Waals surface area contributed by atoms with E-state index in [0.717, 1.165) is 54.3 Å². The van der Waals surface area contributed by atoms with Crippen LogP contribution in [0.1, 0.15) is 0 Å². The number of anilines is 1. The number of aromatic nitrogens is 2. The first-order valence-electron chi connectivity index (χ1n) is 8.32. The van der Waals surface area contributed by atoms with E-state index in [1.807, 2.05) is 41.1 Å². The molecule has 0 atom stereocenters. The molecule has 1 saturated heterocycles. The molecule has 2 heterocycles. The van der Waals surface area contributed by atoms with Gasteiger partial charge in [-0.05, 0) is 36.4 Å². The van der Waals surface area contributed by atoms with Crippen molar-refractivity contribution in [3.63, 3.8) is 0 Å². The highest BCUT2D eigenvalue weighted by Gasteiger charge is 2.21. The Morgan fingerprint density at radius 1 is 1.00 bits per heavy atom. The summed E-state index contributed by atoms with van der Waals surface area (Å²) >= 11 is 0. The van der Waals surface area contributed by atoms with Crippen molar-refractivity contribution < 1.29 is 4.74 Å². The standard InChI is InChI=1S/C19H19N5O/c1-25-16-8-6-15(7-9-16)24-18-5-3-2-4-17(18)19(21-24)23-12-10-22(14-20)11-13-23/h2-9H,10-13H2,1H3. The van der Waals surface area contributed by atoms with E-state index in [0.29, 0.717) is 0 Å². The number of benzene rings is 2. The summed E-state index contributed by atoms with van der Waals surface area (Å²) in [5.74, 6) is 1.80. The van der Waals surface area contributed by atoms with Crippen LogP contribution in [0.3, 0.4) is 0 Å². The Hall–Kier alpha value is -3.20. The molecule has 1 aliphatic rings. The van der Waals surface area contributed by atoms with Gasteiger partial charge < -0.3 is 14.5 Å². The van der Waals surface area contributed by atoms with Gasteiger partial charge in [-0.2, -0.15) is 5.26 Å². The number of methoxy groups -OCH3 is 1. The maximum Gasteiger partial charge on any atom is 0.179 e. The minimum absolute atomic E-state index is 0.736. The molecule has 6 nitrogen and oxygen atoms in total. The number of hydrogen-bond donors (Lipinski definition) is 0. The second kappa shape index (κ2) is 6.36. The van der Waals surface area contributed by atoms with Gasteiger partial charge in [-0.1, -0.05) is 12.1 Å². The third-order valence-electron chi connectivity index (χ3n) is 4.61. The van der Waals surface area contributed by atoms with Gasteiger partial charge in [0.25, 0.3) is 0 Å². The van der Waals surface area contributed by atoms with E-state index >= 15 is 0 Å². The number of nitriles is 1. The van der Waals surface area contributed by atoms with Gasteiger partial charge in [-0.25, -0.2) is 4.68 Å². The van der Waals surface area contributed by atoms with Crippen LogP contribution in [-0.4, -0.2) is 48.0 Å². The third-order valence-corrected chi connectivity index (χ3v) is 4.61. The number of rotatable bonds is 3. The smallest absolute Gasteiger partial charge is 0.179 e. The molecule has 2 aromatic carbocycles. The summed E-state index contributed by atoms with van der Waals surface area (Å²) in [7, 11) is 1.66. The second-order valence-corrected chi connectivity index (χ2v) is 6.02. The number of ether oxygens (including phenoxy) is 1. The van der Waals surface area contributed by atoms with Crippen molar-refractivity contribution in [1.82, 2.24) is 14.7 Å². The van der Waals surface area contributed by atoms with Crippen molar-refractivity contribution in [3.8, 4) is 17.6 Å². The summed E-state index contributed by atoms with van der Waals surface area (Å²) in [5, 5.41) is 15.1. The summed E-state index contributed by atoms with van der Waals surface area (Å²) < 4.78 is 7.22. The first-order chi connectivity index (χ1) is 12.3. The van der Waals surface area contributed by atoms with Crippen molar-refractivity contribution >= 4 is 16.7 Å². The Labute approximate surface area is 146 Å². The van der Waals surface area contributed by atoms with Crippen LogP contribution in [0, 0.1) is 11.5 Å². The van der Waals surface area contributed by atoms with Gasteiger partial charge in [0.1, 0.15) is 5.75 Å². The molecule has 0 aliphatic carbocycles. The SMILES string of the molecule is COc1ccc(-n2nc(N3CCN(C#N)CC3)c3ccccc32)cc1. The van der Waals surface area contributed by atoms with E-state index in [9.17, 15) is 0 Å². The Bertz CT molecular complexity index is 917. The Morgan fingerprint density at radius 3 is 2.40 bits per heavy atom. The molecule has 1 fully saturated rings. The van der Waals surface area contributed by atoms with Gasteiger partial charge in [0, 0.05) is 31.6 Å². The molecule has 126 valence electrons. The molecule has 0 bridgehead atoms. The van der Waals surface area contributed by atoms with Crippen molar-refractivity contribution in [1.29, 1.82) is 5.26 Å². The average Bonchev–Trinajstić information content (AvgIpc) is 3.08. The van der Waals surface area contributed by atoms with Crippen LogP contribution in [0.2, 0.25) is 0 Å². The van der Waals surface area contributed by atoms with Gasteiger partial charge in [0.05, 0.1) is 18.3 Å². The van der Waals surface area contributed by atoms with E-state index in [2.05, 4.69) is 23.2 Å². The van der Waals surface area contributed by atoms with Gasteiger partial charge >= 0.3 is 0 Å². The lowest BCUT2D eigenvalue weighted by atomic mass is 10.2. The molecule has 0 spiro atoms. The topological polar surface area (TPSA) is 57.3 Å². The van der Waals surface area contributed by atoms with Crippen molar-refractivity contribution in [3.05, 3.63) is 48.5 Å². The average molecular weight is 333 g/mol. The lowest BCUT2D eigenvalue weighted by Crippen LogP contribution is -2.44. The highest BCUT2D eigenvalue weighted by Crippen LogP contribution is 2.29. The van der Waals surface area contributed by atoms with Crippen molar-refractivity contribution in [2.45, 2.75) is 0 Å². The lowest BCUT2D eigenvalue weighted by molar-refractivity contribution is 0.362. The van der Waals surface area contributed by atoms with Crippen LogP contribution in [-0.2, 0) is 0 Å². The molecule has 0 unspecified atom stereocenters. The summed E-state index contributed by atoms with van der Waals surface area (Å²) in [6, 6.07) is 16.2. The third kappa shape index (κ3) is 2.74. The summed E-state index contributed by atoms with van der Waals surface area (Å²) in [6.07, 6.45) is 2.22. The highest BCUT2D eigenvalue weighted by molar-refractivity contribution is 5.91. The predicted octanol–water partition coefficient (Wildman–Crippen LogP) is 2.64. The quantitative estimate of drug-likeness (QED) is 0.690. The number of para-hydroxylation sites is 1. The summed E-state index contributed by atoms with van der Waals surface area (Å²) in [4.78, 5) is 4.05. The van der Waals surface area contributed by atoms with E-state index < -0.39 is 0 Å². The van der Waals surface area contributed by atoms with Crippen LogP contribution in [0.25, 0.3) is 16.6 Å². The molecular weight excluding hydrogens is 314 g/mol. The molecule has 25 heavy (non-hydrogen) atoms. The van der Waals surface area contributed by atoms with E-state index in [1.165, 1.54) is 0 Å². The predicted molar refractivity (Wildman–Crippen MR) is 97.0 cm³/mol. The van der Waals surface area contributed by atoms with E-state index in [4.69, 9.17) is 15.1 Å². The summed E-state index contributed by atoms with van der Waals surface area (Å²) in [6.45, 7) is 3.08. The molecule has 0 amide bonds. The second-order valence-electron chi connectivity index (χ2n) is 6.02. The Balaban J connectivity index is 1.75. The van der Waals surface area contributed by atoms with Gasteiger partial charge in [-0.3, -0.25) is 0 Å². The van der Waals surface area contributed by atoms with Crippen molar-refractivity contribution in [2.75, 3.05) is 38.2 Å². The van der Waals surface area contributed by atoms with Crippen molar-refractivity contribution in [2.24, 2.45) is 0 Å². The first-order valence-corrected chi connectivity index (χ1v) is 8.32. The number of nitrogens with zero attached hydrogens (tertiary/aromatic N) is 5. The van der Waals surface area contributed by atoms with Crippen LogP contribution in [0.4, 0.5) is 5.82 Å². The zero-order valence-electron chi connectivity index (χ0n) is 14.1. The largest absolute Gasteiger partial charge is 0.497 e. The zero-order chi connectivity index (χ0) is 17.2. The molecular formula is C19H19N5O. The van der Waals surface area contributed by atoms with Gasteiger partial charge in [0.15, 0.2) is 12.0 Å². The zero-order valence-corrected chi connectivity index (χ0v) is 14.1. The molecule has 1 aromatic heterocycles. The molecule has 0 saturated carbocycles. The van der Waals surface area contributed by atoms with Crippen LogP contribution < -0.4 is 9.64 Å². The lowest BCUT2D eigenvalue weighted by Gasteiger charge is -2.31. The van der Waals surface area contributed by atoms with Crippen LogP contribution in [0.15, 0.2) is 48.5 Å². The van der Waals surface area contributed by atoms with Crippen LogP contribution >= 0.6 is 0 Å². The molecule has 6 heteroatoms. The number of hydrogen-bond acceptors (Lipinski definition) is 5. The van der Waals surface area contributed by atoms with E-state index in [1.54, 1.807) is 12.0 Å². The minimum Gasteiger partial charge on any atom is -0.497 e. The molecule has 3 aromatic rings. The van der Waals surface area contributed by atoms with Gasteiger partial charge in [0.2, 0.25) is 0 Å². The normalized spacial score (nSPS) is 14.6. The highest BCUT2D eigenvalue weighted by atomic mass is 16.5.